The van der Waals surface area contributed by atoms with Crippen LogP contribution in [0.4, 0.5) is 0 Å². The van der Waals surface area contributed by atoms with E-state index in [0.717, 1.165) is 31.3 Å². The molecule has 0 aromatic carbocycles. The molecule has 1 aliphatic carbocycles. The summed E-state index contributed by atoms with van der Waals surface area (Å²) >= 11 is 0. The summed E-state index contributed by atoms with van der Waals surface area (Å²) in [5.41, 5.74) is 0.891. The van der Waals surface area contributed by atoms with Gasteiger partial charge < -0.3 is 5.11 Å². The maximum absolute atomic E-state index is 11.6. The van der Waals surface area contributed by atoms with Crippen molar-refractivity contribution in [2.24, 2.45) is 5.92 Å². The van der Waals surface area contributed by atoms with Gasteiger partial charge in [-0.15, -0.1) is 0 Å². The molecule has 0 aliphatic heterocycles. The summed E-state index contributed by atoms with van der Waals surface area (Å²) in [6.07, 6.45) is 3.80. The lowest BCUT2D eigenvalue weighted by molar-refractivity contribution is -0.127. The van der Waals surface area contributed by atoms with Crippen LogP contribution in [-0.4, -0.2) is 17.0 Å². The quantitative estimate of drug-likeness (QED) is 0.730. The van der Waals surface area contributed by atoms with Crippen molar-refractivity contribution in [2.75, 3.05) is 0 Å². The van der Waals surface area contributed by atoms with Crippen LogP contribution in [0.3, 0.4) is 0 Å². The molecule has 0 amide bonds. The van der Waals surface area contributed by atoms with Crippen molar-refractivity contribution in [3.8, 4) is 0 Å². The third-order valence-electron chi connectivity index (χ3n) is 2.62. The van der Waals surface area contributed by atoms with Crippen molar-refractivity contribution in [3.63, 3.8) is 0 Å². The first-order chi connectivity index (χ1) is 7.11. The van der Waals surface area contributed by atoms with Crippen molar-refractivity contribution in [3.05, 3.63) is 12.2 Å². The lowest BCUT2D eigenvalue weighted by Crippen LogP contribution is -2.31. The predicted molar refractivity (Wildman–Crippen MR) is 63.8 cm³/mol. The minimum Gasteiger partial charge on any atom is -0.392 e. The zero-order chi connectivity index (χ0) is 11.8. The Labute approximate surface area is 93.4 Å². The van der Waals surface area contributed by atoms with Crippen LogP contribution in [0.1, 0.15) is 52.9 Å². The molecule has 0 aromatic rings. The normalized spacial score (nSPS) is 25.1. The summed E-state index contributed by atoms with van der Waals surface area (Å²) in [6.45, 7) is 9.57. The molecule has 2 nitrogen and oxygen atoms in total. The van der Waals surface area contributed by atoms with Crippen LogP contribution in [0, 0.1) is 5.92 Å². The summed E-state index contributed by atoms with van der Waals surface area (Å²) in [5.74, 6) is 0.0464. The standard InChI is InChI=1S/C11H18O2.C2H6/c1-8(2)7-11(13)9-5-3-4-6-10(9)12;1-2/h9-10,12H,1,3-7H2,2H3;1-2H3. The highest BCUT2D eigenvalue weighted by atomic mass is 16.3. The van der Waals surface area contributed by atoms with Crippen LogP contribution in [0.2, 0.25) is 0 Å². The summed E-state index contributed by atoms with van der Waals surface area (Å²) < 4.78 is 0. The van der Waals surface area contributed by atoms with Gasteiger partial charge in [0.25, 0.3) is 0 Å². The van der Waals surface area contributed by atoms with Crippen molar-refractivity contribution in [1.29, 1.82) is 0 Å². The molecule has 0 saturated heterocycles. The van der Waals surface area contributed by atoms with Crippen LogP contribution in [0.15, 0.2) is 12.2 Å². The van der Waals surface area contributed by atoms with E-state index in [0.29, 0.717) is 6.42 Å². The van der Waals surface area contributed by atoms with Gasteiger partial charge in [0.15, 0.2) is 0 Å². The second-order valence-corrected chi connectivity index (χ2v) is 4.06. The van der Waals surface area contributed by atoms with E-state index in [4.69, 9.17) is 0 Å². The molecule has 1 fully saturated rings. The first-order valence-corrected chi connectivity index (χ1v) is 5.96. The van der Waals surface area contributed by atoms with Crippen LogP contribution < -0.4 is 0 Å². The van der Waals surface area contributed by atoms with Gasteiger partial charge in [0.2, 0.25) is 0 Å². The molecule has 2 atom stereocenters. The van der Waals surface area contributed by atoms with E-state index < -0.39 is 6.10 Å². The third kappa shape index (κ3) is 5.12. The van der Waals surface area contributed by atoms with Gasteiger partial charge in [-0.3, -0.25) is 4.79 Å². The summed E-state index contributed by atoms with van der Waals surface area (Å²) in [6, 6.07) is 0. The molecule has 1 rings (SSSR count). The summed E-state index contributed by atoms with van der Waals surface area (Å²) in [7, 11) is 0. The number of hydrogen-bond acceptors (Lipinski definition) is 2. The fraction of sp³-hybridized carbons (Fsp3) is 0.769. The number of Topliss-reactive ketones (excluding diaryl/α,β-unsaturated/α-hetero) is 1. The van der Waals surface area contributed by atoms with Gasteiger partial charge in [0.05, 0.1) is 6.10 Å². The monoisotopic (exact) mass is 212 g/mol. The Kier molecular flexibility index (Phi) is 7.31. The van der Waals surface area contributed by atoms with E-state index >= 15 is 0 Å². The van der Waals surface area contributed by atoms with Gasteiger partial charge in [-0.1, -0.05) is 38.8 Å². The Morgan fingerprint density at radius 2 is 1.87 bits per heavy atom. The lowest BCUT2D eigenvalue weighted by atomic mass is 9.82. The third-order valence-corrected chi connectivity index (χ3v) is 2.62. The Morgan fingerprint density at radius 1 is 1.33 bits per heavy atom. The molecular weight excluding hydrogens is 188 g/mol. The number of aliphatic hydroxyl groups excluding tert-OH is 1. The number of allylic oxidation sites excluding steroid dienone is 1. The SMILES string of the molecule is C=C(C)CC(=O)C1CCCCC1O.CC. The number of ketones is 1. The van der Waals surface area contributed by atoms with Gasteiger partial charge in [-0.2, -0.15) is 0 Å². The molecule has 0 spiro atoms. The maximum atomic E-state index is 11.6. The second-order valence-electron chi connectivity index (χ2n) is 4.06. The van der Waals surface area contributed by atoms with Crippen LogP contribution in [-0.2, 0) is 4.79 Å². The Bertz CT molecular complexity index is 209. The van der Waals surface area contributed by atoms with Crippen molar-refractivity contribution in [2.45, 2.75) is 59.0 Å². The van der Waals surface area contributed by atoms with Crippen LogP contribution in [0.25, 0.3) is 0 Å². The van der Waals surface area contributed by atoms with Gasteiger partial charge >= 0.3 is 0 Å². The molecule has 1 aliphatic rings. The molecule has 0 aromatic heterocycles. The molecule has 2 unspecified atom stereocenters. The largest absolute Gasteiger partial charge is 0.392 e. The number of rotatable bonds is 3. The van der Waals surface area contributed by atoms with Crippen LogP contribution in [0.5, 0.6) is 0 Å². The van der Waals surface area contributed by atoms with Crippen molar-refractivity contribution in [1.82, 2.24) is 0 Å². The highest BCUT2D eigenvalue weighted by Crippen LogP contribution is 2.26. The highest BCUT2D eigenvalue weighted by Gasteiger charge is 2.28. The average molecular weight is 212 g/mol. The molecule has 2 heteroatoms. The van der Waals surface area contributed by atoms with Gasteiger partial charge in [0.1, 0.15) is 5.78 Å². The number of hydrogen-bond donors (Lipinski definition) is 1. The van der Waals surface area contributed by atoms with Crippen molar-refractivity contribution >= 4 is 5.78 Å². The van der Waals surface area contributed by atoms with Crippen molar-refractivity contribution < 1.29 is 9.90 Å². The molecule has 88 valence electrons. The smallest absolute Gasteiger partial charge is 0.142 e. The average Bonchev–Trinajstić information content (AvgIpc) is 2.20. The molecule has 0 heterocycles. The molecular formula is C13H24O2. The Hall–Kier alpha value is -0.630. The van der Waals surface area contributed by atoms with Gasteiger partial charge in [-0.25, -0.2) is 0 Å². The number of carbonyl (C=O) groups excluding carboxylic acids is 1. The van der Waals surface area contributed by atoms with Gasteiger partial charge in [0, 0.05) is 12.3 Å². The maximum Gasteiger partial charge on any atom is 0.142 e. The summed E-state index contributed by atoms with van der Waals surface area (Å²) in [4.78, 5) is 11.6. The zero-order valence-corrected chi connectivity index (χ0v) is 10.3. The number of carbonyl (C=O) groups is 1. The Balaban J connectivity index is 0.000000921. The van der Waals surface area contributed by atoms with E-state index in [1.54, 1.807) is 0 Å². The first-order valence-electron chi connectivity index (χ1n) is 5.96. The summed E-state index contributed by atoms with van der Waals surface area (Å²) in [5, 5.41) is 9.60. The molecule has 0 bridgehead atoms. The lowest BCUT2D eigenvalue weighted by Gasteiger charge is -2.26. The topological polar surface area (TPSA) is 37.3 Å². The van der Waals surface area contributed by atoms with E-state index in [2.05, 4.69) is 6.58 Å². The minimum absolute atomic E-state index is 0.120. The molecule has 1 saturated carbocycles. The fourth-order valence-corrected chi connectivity index (χ4v) is 1.92. The fourth-order valence-electron chi connectivity index (χ4n) is 1.92. The minimum atomic E-state index is -0.402. The number of aliphatic hydroxyl groups is 1. The highest BCUT2D eigenvalue weighted by molar-refractivity contribution is 5.83. The molecule has 0 radical (unpaired) electrons. The van der Waals surface area contributed by atoms with Crippen LogP contribution >= 0.6 is 0 Å². The van der Waals surface area contributed by atoms with E-state index in [1.807, 2.05) is 20.8 Å². The van der Waals surface area contributed by atoms with E-state index in [-0.39, 0.29) is 11.7 Å². The van der Waals surface area contributed by atoms with E-state index in [9.17, 15) is 9.90 Å². The molecule has 15 heavy (non-hydrogen) atoms. The predicted octanol–water partition coefficient (Wildman–Crippen LogP) is 3.10. The van der Waals surface area contributed by atoms with E-state index in [1.165, 1.54) is 0 Å². The van der Waals surface area contributed by atoms with Gasteiger partial charge in [-0.05, 0) is 19.8 Å². The zero-order valence-electron chi connectivity index (χ0n) is 10.3. The first kappa shape index (κ1) is 14.4. The second kappa shape index (κ2) is 7.63. The Morgan fingerprint density at radius 3 is 2.33 bits per heavy atom. The molecule has 1 N–H and O–H groups in total.